The van der Waals surface area contributed by atoms with E-state index in [0.717, 1.165) is 12.1 Å². The van der Waals surface area contributed by atoms with Gasteiger partial charge in [0.05, 0.1) is 0 Å². The zero-order valence-corrected chi connectivity index (χ0v) is 12.5. The lowest BCUT2D eigenvalue weighted by atomic mass is 10.1. The van der Waals surface area contributed by atoms with Gasteiger partial charge in [-0.1, -0.05) is 23.7 Å². The second-order valence-corrected chi connectivity index (χ2v) is 5.37. The minimum atomic E-state index is 0.268. The van der Waals surface area contributed by atoms with E-state index in [9.17, 15) is 5.11 Å². The van der Waals surface area contributed by atoms with Crippen LogP contribution in [0, 0.1) is 0 Å². The van der Waals surface area contributed by atoms with Gasteiger partial charge >= 0.3 is 0 Å². The lowest BCUT2D eigenvalue weighted by Crippen LogP contribution is -2.13. The van der Waals surface area contributed by atoms with Crippen LogP contribution in [0.4, 0.5) is 5.69 Å². The summed E-state index contributed by atoms with van der Waals surface area (Å²) in [5, 5.41) is 13.7. The third-order valence-corrected chi connectivity index (χ3v) is 3.37. The largest absolute Gasteiger partial charge is 0.508 e. The van der Waals surface area contributed by atoms with Crippen LogP contribution in [0.3, 0.4) is 0 Å². The van der Waals surface area contributed by atoms with Gasteiger partial charge in [0.2, 0.25) is 0 Å². The zero-order chi connectivity index (χ0) is 14.5. The molecular weight excluding hydrogens is 272 g/mol. The fraction of sp³-hybridized carbons (Fsp3) is 0.250. The molecule has 0 aliphatic carbocycles. The van der Waals surface area contributed by atoms with Crippen molar-refractivity contribution in [2.45, 2.75) is 13.1 Å². The fourth-order valence-corrected chi connectivity index (χ4v) is 2.14. The molecule has 2 aromatic carbocycles. The average Bonchev–Trinajstić information content (AvgIpc) is 2.43. The first-order chi connectivity index (χ1) is 9.56. The van der Waals surface area contributed by atoms with Crippen molar-refractivity contribution in [3.05, 3.63) is 58.6 Å². The third-order valence-electron chi connectivity index (χ3n) is 3.14. The van der Waals surface area contributed by atoms with E-state index in [1.807, 2.05) is 14.1 Å². The molecule has 0 bridgehead atoms. The van der Waals surface area contributed by atoms with Gasteiger partial charge in [-0.05, 0) is 35.9 Å². The van der Waals surface area contributed by atoms with E-state index in [0.29, 0.717) is 11.6 Å². The number of anilines is 1. The molecule has 2 rings (SSSR count). The summed E-state index contributed by atoms with van der Waals surface area (Å²) < 4.78 is 0. The highest BCUT2D eigenvalue weighted by atomic mass is 35.5. The molecule has 0 radical (unpaired) electrons. The first-order valence-electron chi connectivity index (χ1n) is 6.50. The van der Waals surface area contributed by atoms with Gasteiger partial charge in [-0.25, -0.2) is 0 Å². The number of nitrogens with zero attached hydrogens (tertiary/aromatic N) is 1. The second kappa shape index (κ2) is 6.64. The number of phenols is 1. The molecular formula is C16H19ClN2O. The van der Waals surface area contributed by atoms with Crippen LogP contribution in [0.2, 0.25) is 5.02 Å². The molecule has 3 nitrogen and oxygen atoms in total. The first kappa shape index (κ1) is 14.7. The van der Waals surface area contributed by atoms with Crippen molar-refractivity contribution in [3.63, 3.8) is 0 Å². The van der Waals surface area contributed by atoms with Crippen LogP contribution in [0.25, 0.3) is 0 Å². The molecule has 20 heavy (non-hydrogen) atoms. The molecule has 0 unspecified atom stereocenters. The molecule has 4 heteroatoms. The minimum absolute atomic E-state index is 0.268. The van der Waals surface area contributed by atoms with Crippen molar-refractivity contribution in [2.24, 2.45) is 0 Å². The summed E-state index contributed by atoms with van der Waals surface area (Å²) >= 11 is 5.92. The van der Waals surface area contributed by atoms with E-state index in [1.54, 1.807) is 18.2 Å². The summed E-state index contributed by atoms with van der Waals surface area (Å²) in [7, 11) is 4.05. The lowest BCUT2D eigenvalue weighted by Gasteiger charge is -2.13. The number of hydrogen-bond acceptors (Lipinski definition) is 3. The SMILES string of the molecule is CN(C)c1ccc(CNCc2cc(Cl)ccc2O)cc1. The van der Waals surface area contributed by atoms with Crippen LogP contribution >= 0.6 is 11.6 Å². The van der Waals surface area contributed by atoms with Gasteiger partial charge < -0.3 is 15.3 Å². The van der Waals surface area contributed by atoms with Crippen molar-refractivity contribution in [1.29, 1.82) is 0 Å². The maximum absolute atomic E-state index is 9.73. The smallest absolute Gasteiger partial charge is 0.120 e. The van der Waals surface area contributed by atoms with Crippen LogP contribution in [-0.2, 0) is 13.1 Å². The Hall–Kier alpha value is -1.71. The third kappa shape index (κ3) is 3.89. The van der Waals surface area contributed by atoms with E-state index < -0.39 is 0 Å². The summed E-state index contributed by atoms with van der Waals surface area (Å²) in [5.41, 5.74) is 3.20. The number of halogens is 1. The van der Waals surface area contributed by atoms with Crippen molar-refractivity contribution >= 4 is 17.3 Å². The minimum Gasteiger partial charge on any atom is -0.508 e. The van der Waals surface area contributed by atoms with E-state index in [2.05, 4.69) is 34.5 Å². The Morgan fingerprint density at radius 1 is 1.05 bits per heavy atom. The summed E-state index contributed by atoms with van der Waals surface area (Å²) in [6, 6.07) is 13.5. The fourth-order valence-electron chi connectivity index (χ4n) is 1.95. The summed E-state index contributed by atoms with van der Waals surface area (Å²) in [6.07, 6.45) is 0. The van der Waals surface area contributed by atoms with E-state index >= 15 is 0 Å². The van der Waals surface area contributed by atoms with E-state index in [4.69, 9.17) is 11.6 Å². The molecule has 0 amide bonds. The Morgan fingerprint density at radius 2 is 1.75 bits per heavy atom. The van der Waals surface area contributed by atoms with Gasteiger partial charge in [0.15, 0.2) is 0 Å². The van der Waals surface area contributed by atoms with Gasteiger partial charge in [0.1, 0.15) is 5.75 Å². The summed E-state index contributed by atoms with van der Waals surface area (Å²) in [5.74, 6) is 0.268. The number of rotatable bonds is 5. The van der Waals surface area contributed by atoms with Crippen LogP contribution in [0.1, 0.15) is 11.1 Å². The van der Waals surface area contributed by atoms with Crippen molar-refractivity contribution < 1.29 is 5.11 Å². The molecule has 0 spiro atoms. The molecule has 0 aliphatic heterocycles. The van der Waals surface area contributed by atoms with E-state index in [-0.39, 0.29) is 5.75 Å². The average molecular weight is 291 g/mol. The highest BCUT2D eigenvalue weighted by Crippen LogP contribution is 2.21. The predicted molar refractivity (Wildman–Crippen MR) is 84.4 cm³/mol. The lowest BCUT2D eigenvalue weighted by molar-refractivity contribution is 0.464. The molecule has 0 saturated heterocycles. The van der Waals surface area contributed by atoms with Crippen LogP contribution in [0.15, 0.2) is 42.5 Å². The number of nitrogens with one attached hydrogen (secondary N) is 1. The molecule has 0 fully saturated rings. The molecule has 0 aliphatic rings. The Labute approximate surface area is 124 Å². The molecule has 0 aromatic heterocycles. The molecule has 0 atom stereocenters. The first-order valence-corrected chi connectivity index (χ1v) is 6.88. The molecule has 0 heterocycles. The van der Waals surface area contributed by atoms with Gasteiger partial charge in [0.25, 0.3) is 0 Å². The highest BCUT2D eigenvalue weighted by Gasteiger charge is 2.02. The van der Waals surface area contributed by atoms with Gasteiger partial charge in [-0.3, -0.25) is 0 Å². The molecule has 0 saturated carbocycles. The van der Waals surface area contributed by atoms with Crippen molar-refractivity contribution in [1.82, 2.24) is 5.32 Å². The van der Waals surface area contributed by atoms with E-state index in [1.165, 1.54) is 11.3 Å². The maximum Gasteiger partial charge on any atom is 0.120 e. The van der Waals surface area contributed by atoms with Gasteiger partial charge in [-0.2, -0.15) is 0 Å². The molecule has 2 aromatic rings. The zero-order valence-electron chi connectivity index (χ0n) is 11.7. The Balaban J connectivity index is 1.91. The number of aromatic hydroxyl groups is 1. The van der Waals surface area contributed by atoms with Crippen molar-refractivity contribution in [3.8, 4) is 5.75 Å². The van der Waals surface area contributed by atoms with Crippen LogP contribution in [0.5, 0.6) is 5.75 Å². The highest BCUT2D eigenvalue weighted by molar-refractivity contribution is 6.30. The number of hydrogen-bond donors (Lipinski definition) is 2. The summed E-state index contributed by atoms with van der Waals surface area (Å²) in [6.45, 7) is 1.33. The number of phenolic OH excluding ortho intramolecular Hbond substituents is 1. The Kier molecular flexibility index (Phi) is 4.88. The second-order valence-electron chi connectivity index (χ2n) is 4.94. The molecule has 2 N–H and O–H groups in total. The number of benzene rings is 2. The maximum atomic E-state index is 9.73. The standard InChI is InChI=1S/C16H19ClN2O/c1-19(2)15-6-3-12(4-7-15)10-18-11-13-9-14(17)5-8-16(13)20/h3-9,18,20H,10-11H2,1-2H3. The van der Waals surface area contributed by atoms with Crippen LogP contribution < -0.4 is 10.2 Å². The Morgan fingerprint density at radius 3 is 2.40 bits per heavy atom. The monoisotopic (exact) mass is 290 g/mol. The van der Waals surface area contributed by atoms with Crippen LogP contribution in [-0.4, -0.2) is 19.2 Å². The van der Waals surface area contributed by atoms with Gasteiger partial charge in [-0.15, -0.1) is 0 Å². The topological polar surface area (TPSA) is 35.5 Å². The van der Waals surface area contributed by atoms with Crippen molar-refractivity contribution in [2.75, 3.05) is 19.0 Å². The Bertz CT molecular complexity index is 567. The quantitative estimate of drug-likeness (QED) is 0.886. The normalized spacial score (nSPS) is 10.6. The predicted octanol–water partition coefficient (Wildman–Crippen LogP) is 3.40. The van der Waals surface area contributed by atoms with Gasteiger partial charge in [0, 0.05) is 43.5 Å². The summed E-state index contributed by atoms with van der Waals surface area (Å²) in [4.78, 5) is 2.07. The molecule has 106 valence electrons.